The number of carbonyl (C=O) groups excluding carboxylic acids is 2. The fourth-order valence-corrected chi connectivity index (χ4v) is 5.97. The molecule has 1 amide bonds. The molecule has 0 atom stereocenters. The lowest BCUT2D eigenvalue weighted by Crippen LogP contribution is -2.27. The van der Waals surface area contributed by atoms with Crippen molar-refractivity contribution in [2.45, 2.75) is 30.0 Å². The van der Waals surface area contributed by atoms with Gasteiger partial charge in [-0.2, -0.15) is 4.31 Å². The number of carbonyl (C=O) groups is 2. The van der Waals surface area contributed by atoms with Gasteiger partial charge in [0.25, 0.3) is 10.0 Å². The Morgan fingerprint density at radius 1 is 1.11 bits per heavy atom. The lowest BCUT2D eigenvalue weighted by molar-refractivity contribution is -0.120. The Morgan fingerprint density at radius 2 is 1.79 bits per heavy atom. The summed E-state index contributed by atoms with van der Waals surface area (Å²) in [7, 11) is -2.12. The van der Waals surface area contributed by atoms with E-state index in [1.807, 2.05) is 0 Å². The number of hydrogen-bond donors (Lipinski definition) is 1. The zero-order valence-corrected chi connectivity index (χ0v) is 17.1. The van der Waals surface area contributed by atoms with E-state index >= 15 is 0 Å². The molecule has 1 fully saturated rings. The first-order valence-corrected chi connectivity index (χ1v) is 11.2. The first-order chi connectivity index (χ1) is 13.4. The maximum absolute atomic E-state index is 12.5. The van der Waals surface area contributed by atoms with Crippen LogP contribution in [0.5, 0.6) is 0 Å². The summed E-state index contributed by atoms with van der Waals surface area (Å²) in [4.78, 5) is 24.3. The summed E-state index contributed by atoms with van der Waals surface area (Å²) in [6.07, 6.45) is 1.90. The second-order valence-electron chi connectivity index (χ2n) is 6.47. The van der Waals surface area contributed by atoms with E-state index in [1.54, 1.807) is 36.4 Å². The fourth-order valence-electron chi connectivity index (χ4n) is 2.95. The molecule has 7 nitrogen and oxygen atoms in total. The number of methoxy groups -OCH3 is 1. The Labute approximate surface area is 168 Å². The predicted octanol–water partition coefficient (Wildman–Crippen LogP) is 2.18. The molecule has 0 unspecified atom stereocenters. The zero-order chi connectivity index (χ0) is 20.1. The van der Waals surface area contributed by atoms with Crippen molar-refractivity contribution >= 4 is 33.2 Å². The lowest BCUT2D eigenvalue weighted by atomic mass is 10.1. The van der Waals surface area contributed by atoms with Crippen LogP contribution < -0.4 is 5.32 Å². The van der Waals surface area contributed by atoms with E-state index in [1.165, 1.54) is 11.4 Å². The number of esters is 1. The largest absolute Gasteiger partial charge is 0.465 e. The van der Waals surface area contributed by atoms with E-state index in [4.69, 9.17) is 0 Å². The van der Waals surface area contributed by atoms with E-state index < -0.39 is 16.0 Å². The van der Waals surface area contributed by atoms with Gasteiger partial charge in [-0.1, -0.05) is 12.1 Å². The normalized spacial score (nSPS) is 14.8. The van der Waals surface area contributed by atoms with Crippen LogP contribution in [0, 0.1) is 0 Å². The van der Waals surface area contributed by atoms with Crippen molar-refractivity contribution in [2.75, 3.05) is 20.2 Å². The Morgan fingerprint density at radius 3 is 2.43 bits per heavy atom. The maximum atomic E-state index is 12.5. The monoisotopic (exact) mass is 422 g/mol. The molecule has 0 saturated carbocycles. The standard InChI is InChI=1S/C19H22N2O5S2/c1-26-19(23)15-6-4-14(5-7-15)13-20-17(22)12-16-8-9-18(27-16)28(24,25)21-10-2-3-11-21/h4-9H,2-3,10-13H2,1H3,(H,20,22). The molecule has 1 N–H and O–H groups in total. The van der Waals surface area contributed by atoms with Crippen LogP contribution in [-0.4, -0.2) is 44.8 Å². The van der Waals surface area contributed by atoms with Gasteiger partial charge in [0.15, 0.2) is 0 Å². The van der Waals surface area contributed by atoms with Crippen molar-refractivity contribution in [1.82, 2.24) is 9.62 Å². The Bertz CT molecular complexity index is 945. The van der Waals surface area contributed by atoms with Crippen LogP contribution in [0.15, 0.2) is 40.6 Å². The average molecular weight is 423 g/mol. The van der Waals surface area contributed by atoms with Crippen LogP contribution in [0.4, 0.5) is 0 Å². The predicted molar refractivity (Wildman–Crippen MR) is 106 cm³/mol. The number of nitrogens with one attached hydrogen (secondary N) is 1. The summed E-state index contributed by atoms with van der Waals surface area (Å²) in [5.41, 5.74) is 1.30. The number of benzene rings is 1. The summed E-state index contributed by atoms with van der Waals surface area (Å²) in [5.74, 6) is -0.600. The van der Waals surface area contributed by atoms with Gasteiger partial charge in [0.2, 0.25) is 5.91 Å². The smallest absolute Gasteiger partial charge is 0.337 e. The number of hydrogen-bond acceptors (Lipinski definition) is 6. The topological polar surface area (TPSA) is 92.8 Å². The molecular formula is C19H22N2O5S2. The quantitative estimate of drug-likeness (QED) is 0.691. The summed E-state index contributed by atoms with van der Waals surface area (Å²) in [5, 5.41) is 2.80. The molecule has 1 aliphatic heterocycles. The van der Waals surface area contributed by atoms with Gasteiger partial charge in [0, 0.05) is 24.5 Å². The third-order valence-corrected chi connectivity index (χ3v) is 7.95. The first kappa shape index (κ1) is 20.5. The minimum absolute atomic E-state index is 0.125. The van der Waals surface area contributed by atoms with Crippen LogP contribution in [0.2, 0.25) is 0 Å². The molecule has 1 aliphatic rings. The maximum Gasteiger partial charge on any atom is 0.337 e. The van der Waals surface area contributed by atoms with Crippen molar-refractivity contribution in [3.05, 3.63) is 52.4 Å². The van der Waals surface area contributed by atoms with Crippen molar-refractivity contribution in [3.8, 4) is 0 Å². The summed E-state index contributed by atoms with van der Waals surface area (Å²) in [6.45, 7) is 1.44. The molecule has 0 aliphatic carbocycles. The summed E-state index contributed by atoms with van der Waals surface area (Å²) < 4.78 is 31.5. The first-order valence-electron chi connectivity index (χ1n) is 8.93. The van der Waals surface area contributed by atoms with E-state index in [2.05, 4.69) is 10.1 Å². The highest BCUT2D eigenvalue weighted by molar-refractivity contribution is 7.91. The second kappa shape index (κ2) is 8.85. The van der Waals surface area contributed by atoms with Gasteiger partial charge in [-0.25, -0.2) is 13.2 Å². The highest BCUT2D eigenvalue weighted by Crippen LogP contribution is 2.27. The summed E-state index contributed by atoms with van der Waals surface area (Å²) >= 11 is 1.14. The highest BCUT2D eigenvalue weighted by Gasteiger charge is 2.28. The van der Waals surface area contributed by atoms with Gasteiger partial charge in [-0.15, -0.1) is 11.3 Å². The third-order valence-electron chi connectivity index (χ3n) is 4.50. The van der Waals surface area contributed by atoms with Crippen molar-refractivity contribution in [2.24, 2.45) is 0 Å². The molecule has 1 aromatic heterocycles. The SMILES string of the molecule is COC(=O)c1ccc(CNC(=O)Cc2ccc(S(=O)(=O)N3CCCC3)s2)cc1. The van der Waals surface area contributed by atoms with Crippen LogP contribution in [0.1, 0.15) is 33.6 Å². The molecule has 1 saturated heterocycles. The van der Waals surface area contributed by atoms with Gasteiger partial charge in [0.1, 0.15) is 4.21 Å². The number of amides is 1. The van der Waals surface area contributed by atoms with Crippen LogP contribution in [0.25, 0.3) is 0 Å². The van der Waals surface area contributed by atoms with E-state index in [0.717, 1.165) is 29.7 Å². The van der Waals surface area contributed by atoms with Crippen molar-refractivity contribution < 1.29 is 22.7 Å². The second-order valence-corrected chi connectivity index (χ2v) is 9.81. The van der Waals surface area contributed by atoms with E-state index in [9.17, 15) is 18.0 Å². The molecule has 0 spiro atoms. The van der Waals surface area contributed by atoms with Gasteiger partial charge in [-0.05, 0) is 42.7 Å². The Kier molecular flexibility index (Phi) is 6.48. The van der Waals surface area contributed by atoms with Gasteiger partial charge in [0.05, 0.1) is 19.1 Å². The Hall–Kier alpha value is -2.23. The molecule has 9 heteroatoms. The molecule has 150 valence electrons. The molecular weight excluding hydrogens is 400 g/mol. The number of rotatable bonds is 7. The molecule has 2 aromatic rings. The molecule has 0 bridgehead atoms. The fraction of sp³-hybridized carbons (Fsp3) is 0.368. The lowest BCUT2D eigenvalue weighted by Gasteiger charge is -2.13. The number of sulfonamides is 1. The highest BCUT2D eigenvalue weighted by atomic mass is 32.2. The van der Waals surface area contributed by atoms with Crippen LogP contribution in [0.3, 0.4) is 0 Å². The van der Waals surface area contributed by atoms with Crippen LogP contribution >= 0.6 is 11.3 Å². The minimum atomic E-state index is -3.44. The van der Waals surface area contributed by atoms with Gasteiger partial charge >= 0.3 is 5.97 Å². The zero-order valence-electron chi connectivity index (χ0n) is 15.5. The van der Waals surface area contributed by atoms with E-state index in [-0.39, 0.29) is 16.5 Å². The minimum Gasteiger partial charge on any atom is -0.465 e. The van der Waals surface area contributed by atoms with Crippen LogP contribution in [-0.2, 0) is 32.5 Å². The average Bonchev–Trinajstić information content (AvgIpc) is 3.39. The van der Waals surface area contributed by atoms with Crippen molar-refractivity contribution in [3.63, 3.8) is 0 Å². The third kappa shape index (κ3) is 4.78. The number of thiophene rings is 1. The Balaban J connectivity index is 1.54. The van der Waals surface area contributed by atoms with Gasteiger partial charge < -0.3 is 10.1 Å². The summed E-state index contributed by atoms with van der Waals surface area (Å²) in [6, 6.07) is 10.0. The molecule has 2 heterocycles. The molecule has 28 heavy (non-hydrogen) atoms. The molecule has 3 rings (SSSR count). The van der Waals surface area contributed by atoms with E-state index in [0.29, 0.717) is 30.1 Å². The molecule has 0 radical (unpaired) electrons. The molecule has 1 aromatic carbocycles. The number of nitrogens with zero attached hydrogens (tertiary/aromatic N) is 1. The number of ether oxygens (including phenoxy) is 1. The van der Waals surface area contributed by atoms with Gasteiger partial charge in [-0.3, -0.25) is 4.79 Å². The van der Waals surface area contributed by atoms with Crippen molar-refractivity contribution in [1.29, 1.82) is 0 Å².